The number of nitrogens with zero attached hydrogens (tertiary/aromatic N) is 1. The first kappa shape index (κ1) is 20.6. The summed E-state index contributed by atoms with van der Waals surface area (Å²) in [6, 6.07) is 9.24. The number of carbonyl (C=O) groups is 1. The lowest BCUT2D eigenvalue weighted by Crippen LogP contribution is -2.37. The maximum absolute atomic E-state index is 13.7. The molecule has 0 unspecified atom stereocenters. The fourth-order valence-corrected chi connectivity index (χ4v) is 3.15. The van der Waals surface area contributed by atoms with Crippen molar-refractivity contribution in [2.45, 2.75) is 20.0 Å². The average Bonchev–Trinajstić information content (AvgIpc) is 2.55. The Morgan fingerprint density at radius 1 is 1.11 bits per heavy atom. The van der Waals surface area contributed by atoms with E-state index in [0.717, 1.165) is 28.8 Å². The third-order valence-electron chi connectivity index (χ3n) is 3.41. The monoisotopic (exact) mass is 398 g/mol. The fourth-order valence-electron chi connectivity index (χ4n) is 2.29. The molecule has 0 fully saturated rings. The molecule has 27 heavy (non-hydrogen) atoms. The lowest BCUT2D eigenvalue weighted by atomic mass is 10.2. The van der Waals surface area contributed by atoms with Gasteiger partial charge in [0.15, 0.2) is 0 Å². The molecule has 0 aliphatic carbocycles. The van der Waals surface area contributed by atoms with Gasteiger partial charge in [-0.2, -0.15) is 0 Å². The quantitative estimate of drug-likeness (QED) is 0.777. The van der Waals surface area contributed by atoms with Gasteiger partial charge in [-0.15, -0.1) is 0 Å². The van der Waals surface area contributed by atoms with Gasteiger partial charge in [-0.25, -0.2) is 17.2 Å². The van der Waals surface area contributed by atoms with E-state index < -0.39 is 39.8 Å². The van der Waals surface area contributed by atoms with Gasteiger partial charge in [0, 0.05) is 0 Å². The van der Waals surface area contributed by atoms with Gasteiger partial charge in [-0.3, -0.25) is 9.10 Å². The van der Waals surface area contributed by atoms with E-state index in [9.17, 15) is 22.0 Å². The molecule has 2 rings (SSSR count). The maximum atomic E-state index is 13.7. The zero-order valence-electron chi connectivity index (χ0n) is 15.1. The van der Waals surface area contributed by atoms with Crippen molar-refractivity contribution in [1.29, 1.82) is 0 Å². The van der Waals surface area contributed by atoms with Crippen LogP contribution in [-0.4, -0.2) is 33.2 Å². The van der Waals surface area contributed by atoms with E-state index in [-0.39, 0.29) is 11.8 Å². The Hall–Kier alpha value is -2.68. The third kappa shape index (κ3) is 5.65. The number of rotatable bonds is 7. The van der Waals surface area contributed by atoms with Crippen LogP contribution in [0.3, 0.4) is 0 Å². The normalized spacial score (nSPS) is 11.3. The Kier molecular flexibility index (Phi) is 6.37. The van der Waals surface area contributed by atoms with Crippen LogP contribution in [0.2, 0.25) is 0 Å². The van der Waals surface area contributed by atoms with Gasteiger partial charge in [0.1, 0.15) is 29.6 Å². The van der Waals surface area contributed by atoms with E-state index in [1.54, 1.807) is 12.1 Å². The van der Waals surface area contributed by atoms with E-state index in [2.05, 4.69) is 5.32 Å². The molecule has 2 aromatic rings. The molecule has 0 aliphatic rings. The Morgan fingerprint density at radius 2 is 1.67 bits per heavy atom. The molecule has 1 N–H and O–H groups in total. The zero-order valence-corrected chi connectivity index (χ0v) is 15.9. The van der Waals surface area contributed by atoms with Crippen molar-refractivity contribution in [3.8, 4) is 5.75 Å². The van der Waals surface area contributed by atoms with Crippen molar-refractivity contribution in [1.82, 2.24) is 0 Å². The van der Waals surface area contributed by atoms with Crippen molar-refractivity contribution < 1.29 is 26.7 Å². The first-order valence-electron chi connectivity index (χ1n) is 8.06. The first-order chi connectivity index (χ1) is 12.6. The van der Waals surface area contributed by atoms with Gasteiger partial charge in [0.25, 0.3) is 0 Å². The largest absolute Gasteiger partial charge is 0.491 e. The molecule has 0 aliphatic heterocycles. The zero-order chi connectivity index (χ0) is 20.2. The number of carbonyl (C=O) groups excluding carboxylic acids is 1. The number of hydrogen-bond acceptors (Lipinski definition) is 4. The molecule has 0 radical (unpaired) electrons. The smallest absolute Gasteiger partial charge is 0.245 e. The highest BCUT2D eigenvalue weighted by atomic mass is 32.2. The second kappa shape index (κ2) is 8.34. The number of nitrogens with one attached hydrogen (secondary N) is 1. The lowest BCUT2D eigenvalue weighted by molar-refractivity contribution is -0.114. The number of para-hydroxylation sites is 1. The van der Waals surface area contributed by atoms with Crippen LogP contribution >= 0.6 is 0 Å². The van der Waals surface area contributed by atoms with E-state index >= 15 is 0 Å². The Bertz CT molecular complexity index is 895. The van der Waals surface area contributed by atoms with Gasteiger partial charge in [0.2, 0.25) is 15.9 Å². The number of halogens is 2. The molecule has 0 bridgehead atoms. The highest BCUT2D eigenvalue weighted by molar-refractivity contribution is 7.92. The SMILES string of the molecule is CC(C)Oc1ccc(N(CC(=O)Nc2c(F)cccc2F)S(C)(=O)=O)cc1. The molecule has 0 saturated heterocycles. The van der Waals surface area contributed by atoms with Crippen LogP contribution in [0.15, 0.2) is 42.5 Å². The molecule has 2 aromatic carbocycles. The summed E-state index contributed by atoms with van der Waals surface area (Å²) < 4.78 is 57.8. The predicted octanol–water partition coefficient (Wildman–Crippen LogP) is 3.16. The minimum atomic E-state index is -3.82. The minimum Gasteiger partial charge on any atom is -0.491 e. The minimum absolute atomic E-state index is 0.0525. The van der Waals surface area contributed by atoms with Gasteiger partial charge >= 0.3 is 0 Å². The molecular formula is C18H20F2N2O4S. The van der Waals surface area contributed by atoms with Crippen LogP contribution in [-0.2, 0) is 14.8 Å². The molecule has 1 amide bonds. The standard InChI is InChI=1S/C18H20F2N2O4S/c1-12(2)26-14-9-7-13(8-10-14)22(27(3,24)25)11-17(23)21-18-15(19)5-4-6-16(18)20/h4-10,12H,11H2,1-3H3,(H,21,23). The number of hydrogen-bond donors (Lipinski definition) is 1. The highest BCUT2D eigenvalue weighted by Crippen LogP contribution is 2.23. The fraction of sp³-hybridized carbons (Fsp3) is 0.278. The van der Waals surface area contributed by atoms with E-state index in [4.69, 9.17) is 4.74 Å². The summed E-state index contributed by atoms with van der Waals surface area (Å²) in [5.41, 5.74) is -0.408. The van der Waals surface area contributed by atoms with Crippen molar-refractivity contribution in [3.63, 3.8) is 0 Å². The third-order valence-corrected chi connectivity index (χ3v) is 4.55. The molecule has 0 spiro atoms. The molecule has 6 nitrogen and oxygen atoms in total. The molecule has 0 heterocycles. The summed E-state index contributed by atoms with van der Waals surface area (Å²) in [6.45, 7) is 3.06. The van der Waals surface area contributed by atoms with E-state index in [0.29, 0.717) is 5.75 Å². The summed E-state index contributed by atoms with van der Waals surface area (Å²) in [5, 5.41) is 2.07. The van der Waals surface area contributed by atoms with Gasteiger partial charge < -0.3 is 10.1 Å². The average molecular weight is 398 g/mol. The lowest BCUT2D eigenvalue weighted by Gasteiger charge is -2.22. The van der Waals surface area contributed by atoms with Gasteiger partial charge in [-0.05, 0) is 50.2 Å². The second-order valence-corrected chi connectivity index (χ2v) is 7.98. The van der Waals surface area contributed by atoms with Crippen molar-refractivity contribution in [2.24, 2.45) is 0 Å². The molecule has 0 saturated carbocycles. The summed E-state index contributed by atoms with van der Waals surface area (Å²) in [7, 11) is -3.82. The van der Waals surface area contributed by atoms with Crippen LogP contribution in [0.5, 0.6) is 5.75 Å². The van der Waals surface area contributed by atoms with Crippen molar-refractivity contribution in [3.05, 3.63) is 54.1 Å². The predicted molar refractivity (Wildman–Crippen MR) is 99.4 cm³/mol. The number of ether oxygens (including phenoxy) is 1. The molecule has 9 heteroatoms. The Morgan fingerprint density at radius 3 is 2.15 bits per heavy atom. The van der Waals surface area contributed by atoms with Gasteiger partial charge in [0.05, 0.1) is 18.0 Å². The number of amides is 1. The van der Waals surface area contributed by atoms with Crippen LogP contribution in [0.1, 0.15) is 13.8 Å². The number of benzene rings is 2. The van der Waals surface area contributed by atoms with Crippen LogP contribution in [0, 0.1) is 11.6 Å². The maximum Gasteiger partial charge on any atom is 0.245 e. The van der Waals surface area contributed by atoms with E-state index in [1.165, 1.54) is 12.1 Å². The summed E-state index contributed by atoms with van der Waals surface area (Å²) in [6.07, 6.45) is 0.881. The number of anilines is 2. The first-order valence-corrected chi connectivity index (χ1v) is 9.91. The topological polar surface area (TPSA) is 75.7 Å². The summed E-state index contributed by atoms with van der Waals surface area (Å²) in [5.74, 6) is -2.25. The van der Waals surface area contributed by atoms with Crippen LogP contribution < -0.4 is 14.4 Å². The Balaban J connectivity index is 2.21. The molecular weight excluding hydrogens is 378 g/mol. The second-order valence-electron chi connectivity index (χ2n) is 6.07. The molecule has 146 valence electrons. The van der Waals surface area contributed by atoms with Crippen molar-refractivity contribution >= 4 is 27.3 Å². The summed E-state index contributed by atoms with van der Waals surface area (Å²) in [4.78, 5) is 12.2. The number of sulfonamides is 1. The highest BCUT2D eigenvalue weighted by Gasteiger charge is 2.22. The van der Waals surface area contributed by atoms with Gasteiger partial charge in [-0.1, -0.05) is 6.07 Å². The summed E-state index contributed by atoms with van der Waals surface area (Å²) >= 11 is 0. The van der Waals surface area contributed by atoms with E-state index in [1.807, 2.05) is 13.8 Å². The Labute approximate surface area is 156 Å². The van der Waals surface area contributed by atoms with Crippen LogP contribution in [0.25, 0.3) is 0 Å². The van der Waals surface area contributed by atoms with Crippen LogP contribution in [0.4, 0.5) is 20.2 Å². The van der Waals surface area contributed by atoms with Crippen molar-refractivity contribution in [2.75, 3.05) is 22.4 Å². The molecule has 0 aromatic heterocycles. The molecule has 0 atom stereocenters.